The molecule has 0 saturated carbocycles. The number of esters is 1. The first-order chi connectivity index (χ1) is 22.4. The van der Waals surface area contributed by atoms with Crippen molar-refractivity contribution in [3.8, 4) is 11.5 Å². The molecule has 10 heteroatoms. The number of carboxylic acids is 1. The second-order valence-electron chi connectivity index (χ2n) is 13.8. The van der Waals surface area contributed by atoms with E-state index in [1.165, 1.54) is 11.1 Å². The fourth-order valence-electron chi connectivity index (χ4n) is 6.48. The number of pyridine rings is 1. The Morgan fingerprint density at radius 1 is 1.04 bits per heavy atom. The van der Waals surface area contributed by atoms with E-state index >= 15 is 0 Å². The Hall–Kier alpha value is -4.34. The Kier molecular flexibility index (Phi) is 9.05. The minimum atomic E-state index is -1.05. The molecule has 1 saturated heterocycles. The summed E-state index contributed by atoms with van der Waals surface area (Å²) in [4.78, 5) is 37.5. The van der Waals surface area contributed by atoms with Gasteiger partial charge in [0, 0.05) is 61.1 Å². The first-order valence-electron chi connectivity index (χ1n) is 16.0. The first-order valence-corrected chi connectivity index (χ1v) is 16.4. The molecule has 2 aromatic carbocycles. The summed E-state index contributed by atoms with van der Waals surface area (Å²) in [6.45, 7) is 11.7. The highest BCUT2D eigenvalue weighted by atomic mass is 35.5. The summed E-state index contributed by atoms with van der Waals surface area (Å²) in [6, 6.07) is 16.9. The number of halogens is 1. The number of ether oxygens (including phenoxy) is 2. The number of aromatic nitrogens is 2. The molecule has 9 nitrogen and oxygen atoms in total. The predicted octanol–water partition coefficient (Wildman–Crippen LogP) is 7.81. The summed E-state index contributed by atoms with van der Waals surface area (Å²) in [6.07, 6.45) is 5.54. The van der Waals surface area contributed by atoms with Crippen molar-refractivity contribution in [2.75, 3.05) is 37.6 Å². The van der Waals surface area contributed by atoms with Gasteiger partial charge in [-0.25, -0.2) is 9.78 Å². The van der Waals surface area contributed by atoms with Gasteiger partial charge >= 0.3 is 11.9 Å². The normalized spacial score (nSPS) is 19.2. The standard InChI is InChI=1S/C37H41ClN4O5/c1-36(2,3)47-35(45)37(4)13-11-30(24-5-7-27(38)8-6-24)26(21-37)23-41-15-17-42(18-16-41)28-9-10-31(34(43)44)32(20-28)46-29-19-25-12-14-39-33(25)40-22-29/h5-10,12,14,19-20,22H,11,13,15-18,21,23H2,1-4H3,(H,39,40)(H,43,44). The second-order valence-corrected chi connectivity index (χ2v) is 14.2. The lowest BCUT2D eigenvalue weighted by Gasteiger charge is -2.40. The van der Waals surface area contributed by atoms with Crippen LogP contribution in [0.1, 0.15) is 62.9 Å². The highest BCUT2D eigenvalue weighted by molar-refractivity contribution is 6.30. The van der Waals surface area contributed by atoms with E-state index in [1.807, 2.05) is 58.0 Å². The van der Waals surface area contributed by atoms with Crippen molar-refractivity contribution in [1.29, 1.82) is 0 Å². The van der Waals surface area contributed by atoms with Gasteiger partial charge in [0.25, 0.3) is 0 Å². The Morgan fingerprint density at radius 3 is 2.49 bits per heavy atom. The van der Waals surface area contributed by atoms with Crippen molar-refractivity contribution < 1.29 is 24.2 Å². The maximum atomic E-state index is 13.4. The number of hydrogen-bond donors (Lipinski definition) is 2. The molecular formula is C37H41ClN4O5. The number of aromatic amines is 1. The molecule has 2 N–H and O–H groups in total. The summed E-state index contributed by atoms with van der Waals surface area (Å²) in [5, 5.41) is 11.4. The molecule has 3 heterocycles. The molecule has 246 valence electrons. The van der Waals surface area contributed by atoms with Crippen molar-refractivity contribution in [3.63, 3.8) is 0 Å². The number of benzene rings is 2. The number of H-pyrrole nitrogens is 1. The molecule has 47 heavy (non-hydrogen) atoms. The van der Waals surface area contributed by atoms with Crippen molar-refractivity contribution in [2.24, 2.45) is 5.41 Å². The molecule has 0 bridgehead atoms. The van der Waals surface area contributed by atoms with Gasteiger partial charge in [0.05, 0.1) is 11.6 Å². The van der Waals surface area contributed by atoms with Crippen LogP contribution in [0, 0.1) is 5.41 Å². The highest BCUT2D eigenvalue weighted by Gasteiger charge is 2.41. The monoisotopic (exact) mass is 656 g/mol. The number of fused-ring (bicyclic) bond motifs is 1. The third kappa shape index (κ3) is 7.47. The van der Waals surface area contributed by atoms with E-state index in [-0.39, 0.29) is 17.3 Å². The average molecular weight is 657 g/mol. The van der Waals surface area contributed by atoms with Gasteiger partial charge in [-0.3, -0.25) is 9.69 Å². The molecule has 2 aromatic heterocycles. The smallest absolute Gasteiger partial charge is 0.339 e. The van der Waals surface area contributed by atoms with Crippen molar-refractivity contribution in [1.82, 2.24) is 14.9 Å². The SMILES string of the molecule is CC(C)(C)OC(=O)C1(C)CCC(c2ccc(Cl)cc2)=C(CN2CCN(c3ccc(C(=O)O)c(Oc4cnc5[nH]ccc5c4)c3)CC2)C1. The van der Waals surface area contributed by atoms with Crippen LogP contribution in [0.2, 0.25) is 5.02 Å². The van der Waals surface area contributed by atoms with E-state index in [0.717, 1.165) is 67.8 Å². The van der Waals surface area contributed by atoms with Crippen LogP contribution in [0.4, 0.5) is 5.69 Å². The van der Waals surface area contributed by atoms with Crippen LogP contribution in [-0.2, 0) is 9.53 Å². The quantitative estimate of drug-likeness (QED) is 0.185. The van der Waals surface area contributed by atoms with E-state index in [4.69, 9.17) is 21.1 Å². The number of piperazine rings is 1. The fourth-order valence-corrected chi connectivity index (χ4v) is 6.60. The third-order valence-electron chi connectivity index (χ3n) is 8.99. The second kappa shape index (κ2) is 13.0. The van der Waals surface area contributed by atoms with Gasteiger partial charge in [-0.15, -0.1) is 0 Å². The zero-order valence-corrected chi connectivity index (χ0v) is 28.1. The molecule has 1 atom stereocenters. The van der Waals surface area contributed by atoms with Gasteiger partial charge in [0.2, 0.25) is 0 Å². The molecular weight excluding hydrogens is 616 g/mol. The van der Waals surface area contributed by atoms with Crippen LogP contribution in [0.5, 0.6) is 11.5 Å². The number of carbonyl (C=O) groups is 2. The van der Waals surface area contributed by atoms with E-state index in [9.17, 15) is 14.7 Å². The lowest BCUT2D eigenvalue weighted by molar-refractivity contribution is -0.167. The number of carbonyl (C=O) groups excluding carboxylic acids is 1. The number of aromatic carboxylic acids is 1. The number of allylic oxidation sites excluding steroid dienone is 1. The molecule has 4 aromatic rings. The number of nitrogens with zero attached hydrogens (tertiary/aromatic N) is 3. The molecule has 1 aliphatic heterocycles. The predicted molar refractivity (Wildman–Crippen MR) is 184 cm³/mol. The van der Waals surface area contributed by atoms with Gasteiger partial charge in [0.15, 0.2) is 0 Å². The zero-order chi connectivity index (χ0) is 33.3. The Morgan fingerprint density at radius 2 is 1.79 bits per heavy atom. The third-order valence-corrected chi connectivity index (χ3v) is 9.24. The van der Waals surface area contributed by atoms with E-state index in [0.29, 0.717) is 17.2 Å². The molecule has 6 rings (SSSR count). The minimum absolute atomic E-state index is 0.0913. The highest BCUT2D eigenvalue weighted by Crippen LogP contribution is 2.45. The van der Waals surface area contributed by atoms with Gasteiger partial charge in [-0.2, -0.15) is 0 Å². The molecule has 0 spiro atoms. The van der Waals surface area contributed by atoms with Crippen molar-refractivity contribution in [2.45, 2.75) is 52.6 Å². The van der Waals surface area contributed by atoms with E-state index < -0.39 is 17.0 Å². The summed E-state index contributed by atoms with van der Waals surface area (Å²) in [5.41, 5.74) is 4.27. The van der Waals surface area contributed by atoms with Crippen molar-refractivity contribution >= 4 is 45.8 Å². The summed E-state index contributed by atoms with van der Waals surface area (Å²) >= 11 is 6.22. The molecule has 1 unspecified atom stereocenters. The number of hydrogen-bond acceptors (Lipinski definition) is 7. The first kappa shape index (κ1) is 32.6. The van der Waals surface area contributed by atoms with E-state index in [2.05, 4.69) is 31.9 Å². The molecule has 1 aliphatic carbocycles. The van der Waals surface area contributed by atoms with Crippen LogP contribution in [-0.4, -0.2) is 70.2 Å². The average Bonchev–Trinajstić information content (AvgIpc) is 3.49. The number of rotatable bonds is 8. The van der Waals surface area contributed by atoms with Gasteiger partial charge in [-0.1, -0.05) is 29.3 Å². The van der Waals surface area contributed by atoms with Crippen LogP contribution in [0.3, 0.4) is 0 Å². The van der Waals surface area contributed by atoms with Crippen LogP contribution in [0.25, 0.3) is 16.6 Å². The van der Waals surface area contributed by atoms with Gasteiger partial charge in [-0.05, 0) is 94.5 Å². The largest absolute Gasteiger partial charge is 0.478 e. The van der Waals surface area contributed by atoms with E-state index in [1.54, 1.807) is 24.5 Å². The number of carboxylic acid groups (broad SMARTS) is 1. The van der Waals surface area contributed by atoms with Crippen molar-refractivity contribution in [3.05, 3.63) is 88.7 Å². The maximum Gasteiger partial charge on any atom is 0.339 e. The van der Waals surface area contributed by atoms with Gasteiger partial charge < -0.3 is 24.5 Å². The van der Waals surface area contributed by atoms with Crippen LogP contribution >= 0.6 is 11.6 Å². The number of anilines is 1. The summed E-state index contributed by atoms with van der Waals surface area (Å²) in [5.74, 6) is -0.454. The number of nitrogens with one attached hydrogen (secondary N) is 1. The Bertz CT molecular complexity index is 1820. The maximum absolute atomic E-state index is 13.4. The topological polar surface area (TPSA) is 108 Å². The zero-order valence-electron chi connectivity index (χ0n) is 27.3. The summed E-state index contributed by atoms with van der Waals surface area (Å²) < 4.78 is 12.0. The lowest BCUT2D eigenvalue weighted by atomic mass is 9.71. The Labute approximate surface area is 280 Å². The Balaban J connectivity index is 1.18. The molecule has 1 fully saturated rings. The molecule has 0 radical (unpaired) electrons. The van der Waals surface area contributed by atoms with Gasteiger partial charge in [0.1, 0.15) is 28.3 Å². The lowest BCUT2D eigenvalue weighted by Crippen LogP contribution is -2.47. The van der Waals surface area contributed by atoms with Crippen LogP contribution < -0.4 is 9.64 Å². The van der Waals surface area contributed by atoms with Crippen LogP contribution in [0.15, 0.2) is 72.6 Å². The molecule has 0 amide bonds. The summed E-state index contributed by atoms with van der Waals surface area (Å²) in [7, 11) is 0. The fraction of sp³-hybridized carbons (Fsp3) is 0.378. The molecule has 2 aliphatic rings. The minimum Gasteiger partial charge on any atom is -0.478 e.